The van der Waals surface area contributed by atoms with Gasteiger partial charge in [0.15, 0.2) is 11.5 Å². The van der Waals surface area contributed by atoms with E-state index in [9.17, 15) is 9.59 Å². The first kappa shape index (κ1) is 15.4. The number of benzene rings is 1. The molecule has 7 heteroatoms. The Labute approximate surface area is 144 Å². The maximum absolute atomic E-state index is 12.5. The smallest absolute Gasteiger partial charge is 0.231 e. The van der Waals surface area contributed by atoms with Crippen molar-refractivity contribution in [1.29, 1.82) is 0 Å². The van der Waals surface area contributed by atoms with Gasteiger partial charge in [0.05, 0.1) is 5.92 Å². The Hall–Kier alpha value is -3.09. The lowest BCUT2D eigenvalue weighted by Crippen LogP contribution is -2.28. The van der Waals surface area contributed by atoms with E-state index in [1.54, 1.807) is 35.4 Å². The van der Waals surface area contributed by atoms with Crippen LogP contribution in [-0.4, -0.2) is 30.1 Å². The van der Waals surface area contributed by atoms with E-state index in [0.29, 0.717) is 29.5 Å². The predicted octanol–water partition coefficient (Wildman–Crippen LogP) is 2.11. The van der Waals surface area contributed by atoms with Crippen molar-refractivity contribution in [3.8, 4) is 11.5 Å². The molecule has 0 aliphatic carbocycles. The summed E-state index contributed by atoms with van der Waals surface area (Å²) in [7, 11) is 0. The van der Waals surface area contributed by atoms with E-state index in [2.05, 4.69) is 10.3 Å². The number of ether oxygens (including phenoxy) is 2. The van der Waals surface area contributed by atoms with Gasteiger partial charge < -0.3 is 19.7 Å². The molecule has 0 spiro atoms. The monoisotopic (exact) mass is 339 g/mol. The maximum Gasteiger partial charge on any atom is 0.231 e. The maximum atomic E-state index is 12.5. The molecule has 0 saturated carbocycles. The molecule has 25 heavy (non-hydrogen) atoms. The van der Waals surface area contributed by atoms with Crippen molar-refractivity contribution in [2.75, 3.05) is 23.6 Å². The fraction of sp³-hybridized carbons (Fsp3) is 0.278. The highest BCUT2D eigenvalue weighted by atomic mass is 16.7. The third-order valence-electron chi connectivity index (χ3n) is 4.33. The average molecular weight is 339 g/mol. The van der Waals surface area contributed by atoms with E-state index in [4.69, 9.17) is 9.47 Å². The Balaban J connectivity index is 1.47. The van der Waals surface area contributed by atoms with Crippen LogP contribution in [0, 0.1) is 12.8 Å². The Kier molecular flexibility index (Phi) is 3.76. The number of amides is 2. The van der Waals surface area contributed by atoms with Crippen LogP contribution in [0.15, 0.2) is 36.5 Å². The van der Waals surface area contributed by atoms with Crippen LogP contribution in [0.3, 0.4) is 0 Å². The number of carbonyl (C=O) groups excluding carboxylic acids is 2. The molecular formula is C18H17N3O4. The van der Waals surface area contributed by atoms with Crippen LogP contribution < -0.4 is 19.7 Å². The third kappa shape index (κ3) is 3.00. The number of hydrogen-bond acceptors (Lipinski definition) is 5. The average Bonchev–Trinajstić information content (AvgIpc) is 3.20. The highest BCUT2D eigenvalue weighted by Crippen LogP contribution is 2.37. The second-order valence-electron chi connectivity index (χ2n) is 6.15. The van der Waals surface area contributed by atoms with Crippen molar-refractivity contribution in [1.82, 2.24) is 4.98 Å². The van der Waals surface area contributed by atoms with Gasteiger partial charge >= 0.3 is 0 Å². The lowest BCUT2D eigenvalue weighted by Gasteiger charge is -2.17. The van der Waals surface area contributed by atoms with Gasteiger partial charge in [-0.3, -0.25) is 9.59 Å². The lowest BCUT2D eigenvalue weighted by atomic mass is 10.1. The summed E-state index contributed by atoms with van der Waals surface area (Å²) in [5.41, 5.74) is 1.72. The van der Waals surface area contributed by atoms with Crippen molar-refractivity contribution in [3.63, 3.8) is 0 Å². The Morgan fingerprint density at radius 3 is 2.92 bits per heavy atom. The topological polar surface area (TPSA) is 80.8 Å². The van der Waals surface area contributed by atoms with Crippen molar-refractivity contribution in [3.05, 3.63) is 42.1 Å². The highest BCUT2D eigenvalue weighted by molar-refractivity contribution is 6.03. The number of anilines is 2. The van der Waals surface area contributed by atoms with Gasteiger partial charge in [-0.1, -0.05) is 0 Å². The predicted molar refractivity (Wildman–Crippen MR) is 90.6 cm³/mol. The van der Waals surface area contributed by atoms with Crippen molar-refractivity contribution >= 4 is 23.3 Å². The molecule has 1 aromatic carbocycles. The van der Waals surface area contributed by atoms with E-state index < -0.39 is 5.92 Å². The van der Waals surface area contributed by atoms with Gasteiger partial charge in [0.1, 0.15) is 5.82 Å². The summed E-state index contributed by atoms with van der Waals surface area (Å²) in [6, 6.07) is 8.99. The second kappa shape index (κ2) is 6.08. The molecule has 128 valence electrons. The Bertz CT molecular complexity index is 852. The molecule has 2 amide bonds. The molecule has 2 aromatic rings. The van der Waals surface area contributed by atoms with E-state index in [-0.39, 0.29) is 25.0 Å². The molecule has 1 fully saturated rings. The van der Waals surface area contributed by atoms with Gasteiger partial charge in [-0.15, -0.1) is 0 Å². The van der Waals surface area contributed by atoms with E-state index in [1.807, 2.05) is 13.0 Å². The fourth-order valence-electron chi connectivity index (χ4n) is 3.02. The number of carbonyl (C=O) groups is 2. The molecule has 1 N–H and O–H groups in total. The van der Waals surface area contributed by atoms with Crippen molar-refractivity contribution < 1.29 is 19.1 Å². The number of nitrogens with one attached hydrogen (secondary N) is 1. The second-order valence-corrected chi connectivity index (χ2v) is 6.15. The lowest BCUT2D eigenvalue weighted by molar-refractivity contribution is -0.122. The Morgan fingerprint density at radius 2 is 2.08 bits per heavy atom. The number of aromatic nitrogens is 1. The summed E-state index contributed by atoms with van der Waals surface area (Å²) in [5.74, 6) is 1.07. The molecule has 2 aliphatic heterocycles. The number of aryl methyl sites for hydroxylation is 1. The quantitative estimate of drug-likeness (QED) is 0.926. The largest absolute Gasteiger partial charge is 0.454 e. The van der Waals surface area contributed by atoms with Crippen molar-refractivity contribution in [2.24, 2.45) is 5.92 Å². The van der Waals surface area contributed by atoms with Crippen LogP contribution in [0.25, 0.3) is 0 Å². The van der Waals surface area contributed by atoms with E-state index in [0.717, 1.165) is 5.56 Å². The van der Waals surface area contributed by atoms with Gasteiger partial charge in [0, 0.05) is 30.9 Å². The molecule has 0 bridgehead atoms. The summed E-state index contributed by atoms with van der Waals surface area (Å²) >= 11 is 0. The van der Waals surface area contributed by atoms with Crippen LogP contribution in [-0.2, 0) is 9.59 Å². The molecule has 7 nitrogen and oxygen atoms in total. The van der Waals surface area contributed by atoms with Crippen LogP contribution >= 0.6 is 0 Å². The number of fused-ring (bicyclic) bond motifs is 1. The highest BCUT2D eigenvalue weighted by Gasteiger charge is 2.35. The molecule has 1 atom stereocenters. The number of hydrogen-bond donors (Lipinski definition) is 1. The molecular weight excluding hydrogens is 322 g/mol. The molecule has 1 aromatic heterocycles. The van der Waals surface area contributed by atoms with Gasteiger partial charge in [-0.2, -0.15) is 0 Å². The SMILES string of the molecule is Cc1ccnc(NC(=O)C2CC(=O)N(c3ccc4c(c3)OCO4)C2)c1. The minimum Gasteiger partial charge on any atom is -0.454 e. The van der Waals surface area contributed by atoms with Gasteiger partial charge in [0.25, 0.3) is 0 Å². The molecule has 3 heterocycles. The zero-order chi connectivity index (χ0) is 17.4. The first-order chi connectivity index (χ1) is 12.1. The molecule has 1 unspecified atom stereocenters. The van der Waals surface area contributed by atoms with Crippen molar-refractivity contribution in [2.45, 2.75) is 13.3 Å². The number of rotatable bonds is 3. The number of nitrogens with zero attached hydrogens (tertiary/aromatic N) is 2. The summed E-state index contributed by atoms with van der Waals surface area (Å²) < 4.78 is 10.6. The summed E-state index contributed by atoms with van der Waals surface area (Å²) in [4.78, 5) is 30.5. The molecule has 2 aliphatic rings. The van der Waals surface area contributed by atoms with Crippen LogP contribution in [0.5, 0.6) is 11.5 Å². The minimum absolute atomic E-state index is 0.0868. The zero-order valence-corrected chi connectivity index (χ0v) is 13.7. The summed E-state index contributed by atoms with van der Waals surface area (Å²) in [6.45, 7) is 2.44. The summed E-state index contributed by atoms with van der Waals surface area (Å²) in [5, 5.41) is 2.79. The summed E-state index contributed by atoms with van der Waals surface area (Å²) in [6.07, 6.45) is 1.82. The standard InChI is InChI=1S/C18H17N3O4/c1-11-4-5-19-16(6-11)20-18(23)12-7-17(22)21(9-12)13-2-3-14-15(8-13)25-10-24-14/h2-6,8,12H,7,9-10H2,1H3,(H,19,20,23). The molecule has 0 radical (unpaired) electrons. The number of pyridine rings is 1. The molecule has 1 saturated heterocycles. The van der Waals surface area contributed by atoms with Crippen LogP contribution in [0.2, 0.25) is 0 Å². The molecule has 4 rings (SSSR count). The van der Waals surface area contributed by atoms with Gasteiger partial charge in [0.2, 0.25) is 18.6 Å². The zero-order valence-electron chi connectivity index (χ0n) is 13.7. The van der Waals surface area contributed by atoms with E-state index in [1.165, 1.54) is 0 Å². The van der Waals surface area contributed by atoms with Crippen LogP contribution in [0.4, 0.5) is 11.5 Å². The first-order valence-electron chi connectivity index (χ1n) is 8.04. The van der Waals surface area contributed by atoms with Crippen LogP contribution in [0.1, 0.15) is 12.0 Å². The normalized spacial score (nSPS) is 18.5. The first-order valence-corrected chi connectivity index (χ1v) is 8.04. The van der Waals surface area contributed by atoms with Gasteiger partial charge in [-0.25, -0.2) is 4.98 Å². The Morgan fingerprint density at radius 1 is 1.24 bits per heavy atom. The third-order valence-corrected chi connectivity index (χ3v) is 4.33. The minimum atomic E-state index is -0.416. The van der Waals surface area contributed by atoms with Gasteiger partial charge in [-0.05, 0) is 36.8 Å². The fourth-order valence-corrected chi connectivity index (χ4v) is 3.02. The van der Waals surface area contributed by atoms with E-state index >= 15 is 0 Å².